The maximum atomic E-state index is 13.8. The molecule has 2 unspecified atom stereocenters. The van der Waals surface area contributed by atoms with Gasteiger partial charge < -0.3 is 20.6 Å². The zero-order chi connectivity index (χ0) is 24.6. The van der Waals surface area contributed by atoms with Crippen LogP contribution in [0.1, 0.15) is 25.7 Å². The van der Waals surface area contributed by atoms with E-state index in [9.17, 15) is 19.5 Å². The molecule has 0 aromatic heterocycles. The van der Waals surface area contributed by atoms with Crippen LogP contribution in [-0.4, -0.2) is 56.9 Å². The molecule has 2 aromatic rings. The third-order valence-electron chi connectivity index (χ3n) is 7.31. The molecular weight excluding hydrogens is 486 g/mol. The largest absolute Gasteiger partial charge is 0.396 e. The highest BCUT2D eigenvalue weighted by Crippen LogP contribution is 2.66. The number of hydrogen-bond donors (Lipinski definition) is 3. The zero-order valence-electron chi connectivity index (χ0n) is 19.2. The van der Waals surface area contributed by atoms with Crippen molar-refractivity contribution < 1.29 is 19.5 Å². The maximum absolute atomic E-state index is 13.8. The molecule has 3 aliphatic heterocycles. The standard InChI is InChI=1S/C26H28ClN3O4S/c27-16-8-10-18(11-9-16)29-24(33)22-26-13-12-19(35-26)20(23(32)28-17-6-2-1-3-7-17)21(26)25(34)30(22)14-4-5-15-31/h1-3,6-11,19-22,31H,4-5,12-15H2,(H,28,32)(H,29,33)/t19-,20+,21+,22?,26?/m1/s1. The third kappa shape index (κ3) is 4.32. The number of fused-ring (bicyclic) bond motifs is 1. The fourth-order valence-corrected chi connectivity index (χ4v) is 8.22. The summed E-state index contributed by atoms with van der Waals surface area (Å²) in [6.07, 6.45) is 2.63. The summed E-state index contributed by atoms with van der Waals surface area (Å²) in [7, 11) is 0. The van der Waals surface area contributed by atoms with Crippen LogP contribution in [0.3, 0.4) is 0 Å². The van der Waals surface area contributed by atoms with Crippen molar-refractivity contribution >= 4 is 52.5 Å². The Bertz CT molecular complexity index is 1120. The van der Waals surface area contributed by atoms with Gasteiger partial charge in [-0.1, -0.05) is 29.8 Å². The molecule has 0 radical (unpaired) electrons. The first-order valence-electron chi connectivity index (χ1n) is 12.0. The first-order valence-corrected chi connectivity index (χ1v) is 13.2. The van der Waals surface area contributed by atoms with Gasteiger partial charge in [-0.25, -0.2) is 0 Å². The molecule has 7 nitrogen and oxygen atoms in total. The number of carbonyl (C=O) groups excluding carboxylic acids is 3. The smallest absolute Gasteiger partial charge is 0.248 e. The van der Waals surface area contributed by atoms with Gasteiger partial charge >= 0.3 is 0 Å². The number of rotatable bonds is 8. The number of para-hydroxylation sites is 1. The van der Waals surface area contributed by atoms with E-state index in [-0.39, 0.29) is 29.6 Å². The van der Waals surface area contributed by atoms with E-state index in [1.54, 1.807) is 40.9 Å². The maximum Gasteiger partial charge on any atom is 0.248 e. The highest BCUT2D eigenvalue weighted by molar-refractivity contribution is 8.02. The Labute approximate surface area is 213 Å². The average Bonchev–Trinajstić information content (AvgIpc) is 3.49. The molecule has 184 valence electrons. The number of nitrogens with zero attached hydrogens (tertiary/aromatic N) is 1. The van der Waals surface area contributed by atoms with E-state index >= 15 is 0 Å². The van der Waals surface area contributed by atoms with Gasteiger partial charge in [0, 0.05) is 34.8 Å². The molecule has 3 aliphatic rings. The minimum Gasteiger partial charge on any atom is -0.396 e. The number of benzene rings is 2. The summed E-state index contributed by atoms with van der Waals surface area (Å²) < 4.78 is -0.643. The van der Waals surface area contributed by atoms with Gasteiger partial charge in [-0.3, -0.25) is 14.4 Å². The molecule has 2 aromatic carbocycles. The first-order chi connectivity index (χ1) is 16.9. The molecule has 2 bridgehead atoms. The molecule has 3 amide bonds. The Balaban J connectivity index is 1.44. The second-order valence-electron chi connectivity index (χ2n) is 9.37. The number of amides is 3. The Morgan fingerprint density at radius 2 is 1.71 bits per heavy atom. The molecule has 3 fully saturated rings. The number of aliphatic hydroxyl groups is 1. The van der Waals surface area contributed by atoms with Gasteiger partial charge in [0.1, 0.15) is 6.04 Å². The van der Waals surface area contributed by atoms with E-state index in [2.05, 4.69) is 10.6 Å². The normalized spacial score (nSPS) is 28.7. The fraction of sp³-hybridized carbons (Fsp3) is 0.423. The van der Waals surface area contributed by atoms with E-state index in [4.69, 9.17) is 11.6 Å². The van der Waals surface area contributed by atoms with Crippen LogP contribution in [0.15, 0.2) is 54.6 Å². The SMILES string of the molecule is O=C(Nc1ccc(Cl)cc1)C1N(CCCCO)C(=O)[C@@H]2[C@@H](C(=O)Nc3ccccc3)[C@H]3CCC12S3. The minimum atomic E-state index is -0.682. The number of anilines is 2. The Kier molecular flexibility index (Phi) is 6.79. The van der Waals surface area contributed by atoms with Gasteiger partial charge in [0.05, 0.1) is 16.6 Å². The monoisotopic (exact) mass is 513 g/mol. The number of likely N-dealkylation sites (tertiary alicyclic amines) is 1. The van der Waals surface area contributed by atoms with Crippen LogP contribution in [0.2, 0.25) is 5.02 Å². The van der Waals surface area contributed by atoms with Crippen molar-refractivity contribution in [3.05, 3.63) is 59.6 Å². The summed E-state index contributed by atoms with van der Waals surface area (Å²) in [5.41, 5.74) is 1.31. The molecule has 9 heteroatoms. The molecule has 5 rings (SSSR count). The van der Waals surface area contributed by atoms with E-state index in [0.717, 1.165) is 6.42 Å². The number of halogens is 1. The van der Waals surface area contributed by atoms with Crippen LogP contribution in [0.4, 0.5) is 11.4 Å². The summed E-state index contributed by atoms with van der Waals surface area (Å²) in [5.74, 6) is -1.59. The summed E-state index contributed by atoms with van der Waals surface area (Å²) >= 11 is 7.63. The van der Waals surface area contributed by atoms with Crippen LogP contribution < -0.4 is 10.6 Å². The molecular formula is C26H28ClN3O4S. The predicted octanol–water partition coefficient (Wildman–Crippen LogP) is 3.78. The fourth-order valence-electron chi connectivity index (χ4n) is 5.88. The molecule has 0 saturated carbocycles. The number of carbonyl (C=O) groups is 3. The minimum absolute atomic E-state index is 0.00177. The van der Waals surface area contributed by atoms with E-state index in [0.29, 0.717) is 42.2 Å². The van der Waals surface area contributed by atoms with Gasteiger partial charge in [-0.15, -0.1) is 11.8 Å². The van der Waals surface area contributed by atoms with Crippen molar-refractivity contribution in [1.82, 2.24) is 4.90 Å². The summed E-state index contributed by atoms with van der Waals surface area (Å²) in [6, 6.07) is 15.4. The number of unbranched alkanes of at least 4 members (excludes halogenated alkanes) is 1. The molecule has 3 heterocycles. The molecule has 0 aliphatic carbocycles. The Morgan fingerprint density at radius 3 is 2.43 bits per heavy atom. The topological polar surface area (TPSA) is 98.7 Å². The molecule has 3 saturated heterocycles. The lowest BCUT2D eigenvalue weighted by Crippen LogP contribution is -2.51. The molecule has 1 spiro atoms. The van der Waals surface area contributed by atoms with Crippen molar-refractivity contribution in [3.63, 3.8) is 0 Å². The zero-order valence-corrected chi connectivity index (χ0v) is 20.7. The number of hydrogen-bond acceptors (Lipinski definition) is 5. The van der Waals surface area contributed by atoms with E-state index in [1.807, 2.05) is 30.3 Å². The number of nitrogens with one attached hydrogen (secondary N) is 2. The van der Waals surface area contributed by atoms with Gasteiger partial charge in [-0.05, 0) is 62.1 Å². The second-order valence-corrected chi connectivity index (χ2v) is 11.4. The van der Waals surface area contributed by atoms with Gasteiger partial charge in [-0.2, -0.15) is 0 Å². The quantitative estimate of drug-likeness (QED) is 0.467. The van der Waals surface area contributed by atoms with Gasteiger partial charge in [0.2, 0.25) is 17.7 Å². The van der Waals surface area contributed by atoms with Crippen molar-refractivity contribution in [3.8, 4) is 0 Å². The van der Waals surface area contributed by atoms with Crippen LogP contribution >= 0.6 is 23.4 Å². The van der Waals surface area contributed by atoms with E-state index < -0.39 is 22.6 Å². The second kappa shape index (κ2) is 9.84. The third-order valence-corrected chi connectivity index (χ3v) is 9.52. The highest BCUT2D eigenvalue weighted by Gasteiger charge is 2.73. The molecule has 3 N–H and O–H groups in total. The van der Waals surface area contributed by atoms with Crippen LogP contribution in [0, 0.1) is 11.8 Å². The lowest BCUT2D eigenvalue weighted by atomic mass is 9.70. The van der Waals surface area contributed by atoms with Crippen LogP contribution in [0.25, 0.3) is 0 Å². The van der Waals surface area contributed by atoms with Crippen molar-refractivity contribution in [2.75, 3.05) is 23.8 Å². The molecule has 35 heavy (non-hydrogen) atoms. The van der Waals surface area contributed by atoms with Gasteiger partial charge in [0.15, 0.2) is 0 Å². The Hall–Kier alpha value is -2.55. The summed E-state index contributed by atoms with van der Waals surface area (Å²) in [4.78, 5) is 42.6. The number of aliphatic hydroxyl groups excluding tert-OH is 1. The summed E-state index contributed by atoms with van der Waals surface area (Å²) in [6.45, 7) is 0.395. The van der Waals surface area contributed by atoms with Crippen LogP contribution in [0.5, 0.6) is 0 Å². The predicted molar refractivity (Wildman–Crippen MR) is 137 cm³/mol. The van der Waals surface area contributed by atoms with Crippen molar-refractivity contribution in [2.45, 2.75) is 41.7 Å². The first kappa shape index (κ1) is 24.2. The van der Waals surface area contributed by atoms with Gasteiger partial charge in [0.25, 0.3) is 0 Å². The molecule has 5 atom stereocenters. The lowest BCUT2D eigenvalue weighted by Gasteiger charge is -2.34. The van der Waals surface area contributed by atoms with E-state index in [1.165, 1.54) is 0 Å². The summed E-state index contributed by atoms with van der Waals surface area (Å²) in [5, 5.41) is 15.8. The van der Waals surface area contributed by atoms with Crippen molar-refractivity contribution in [1.29, 1.82) is 0 Å². The lowest BCUT2D eigenvalue weighted by molar-refractivity contribution is -0.138. The Morgan fingerprint density at radius 1 is 1.03 bits per heavy atom. The van der Waals surface area contributed by atoms with Crippen molar-refractivity contribution in [2.24, 2.45) is 11.8 Å². The highest BCUT2D eigenvalue weighted by atomic mass is 35.5. The number of thioether (sulfide) groups is 1. The van der Waals surface area contributed by atoms with Crippen LogP contribution in [-0.2, 0) is 14.4 Å². The average molecular weight is 514 g/mol.